The van der Waals surface area contributed by atoms with E-state index in [4.69, 9.17) is 9.40 Å². The molecule has 2 heterocycles. The zero-order valence-corrected chi connectivity index (χ0v) is 21.4. The van der Waals surface area contributed by atoms with Crippen LogP contribution in [0, 0.1) is 0 Å². The summed E-state index contributed by atoms with van der Waals surface area (Å²) in [7, 11) is 0. The van der Waals surface area contributed by atoms with Crippen LogP contribution in [0.25, 0.3) is 11.3 Å². The van der Waals surface area contributed by atoms with E-state index >= 15 is 0 Å². The number of carbonyl (C=O) groups excluding carboxylic acids is 1. The highest BCUT2D eigenvalue weighted by atomic mass is 32.2. The van der Waals surface area contributed by atoms with Gasteiger partial charge in [-0.3, -0.25) is 14.2 Å². The number of carbonyl (C=O) groups is 1. The number of nitrogens with zero attached hydrogens (tertiary/aromatic N) is 2. The third-order valence-electron chi connectivity index (χ3n) is 7.59. The van der Waals surface area contributed by atoms with E-state index in [0.717, 1.165) is 54.5 Å². The van der Waals surface area contributed by atoms with Crippen LogP contribution in [0.1, 0.15) is 48.1 Å². The molecule has 0 aliphatic heterocycles. The highest BCUT2D eigenvalue weighted by Gasteiger charge is 2.44. The average molecular weight is 512 g/mol. The molecule has 0 saturated heterocycles. The summed E-state index contributed by atoms with van der Waals surface area (Å²) in [6, 6.07) is 21.8. The van der Waals surface area contributed by atoms with Crippen molar-refractivity contribution >= 4 is 17.7 Å². The number of hydrogen-bond acceptors (Lipinski definition) is 5. The van der Waals surface area contributed by atoms with Gasteiger partial charge in [-0.05, 0) is 42.5 Å². The van der Waals surface area contributed by atoms with Crippen LogP contribution in [0.3, 0.4) is 0 Å². The molecule has 2 aromatic heterocycles. The van der Waals surface area contributed by atoms with Gasteiger partial charge in [-0.15, -0.1) is 0 Å². The van der Waals surface area contributed by atoms with Crippen molar-refractivity contribution in [2.45, 2.75) is 55.8 Å². The predicted molar refractivity (Wildman–Crippen MR) is 145 cm³/mol. The minimum atomic E-state index is -0.172. The maximum Gasteiger partial charge on any atom is 0.258 e. The van der Waals surface area contributed by atoms with E-state index in [9.17, 15) is 9.59 Å². The number of aromatic nitrogens is 2. The fourth-order valence-corrected chi connectivity index (χ4v) is 6.65. The Morgan fingerprint density at radius 3 is 2.59 bits per heavy atom. The standard InChI is InChI=1S/C30H29N3O3S/c34-25(31-18-21-9-2-1-3-10-21)20-37-29-32-27-24-13-5-4-11-22(24)17-30(14-6-7-15-30)26(27)28(35)33(29)19-23-12-8-16-36-23/h1-5,8-13,16H,6-7,14-15,17-20H2,(H,31,34). The molecule has 0 radical (unpaired) electrons. The molecule has 1 amide bonds. The third-order valence-corrected chi connectivity index (χ3v) is 8.56. The number of nitrogens with one attached hydrogen (secondary N) is 1. The molecule has 1 saturated carbocycles. The lowest BCUT2D eigenvalue weighted by atomic mass is 9.68. The summed E-state index contributed by atoms with van der Waals surface area (Å²) in [5.41, 5.74) is 4.78. The molecule has 0 bridgehead atoms. The van der Waals surface area contributed by atoms with Gasteiger partial charge in [0.05, 0.1) is 29.8 Å². The van der Waals surface area contributed by atoms with Gasteiger partial charge < -0.3 is 9.73 Å². The first-order valence-corrected chi connectivity index (χ1v) is 13.8. The normalized spacial score (nSPS) is 15.4. The SMILES string of the molecule is O=C(CSc1nc2c(c(=O)n1Cc1ccco1)C1(CCCC1)Cc1ccccc1-2)NCc1ccccc1. The minimum absolute atomic E-state index is 0.00926. The molecule has 4 aromatic rings. The zero-order chi connectivity index (χ0) is 25.2. The van der Waals surface area contributed by atoms with E-state index in [2.05, 4.69) is 23.5 Å². The van der Waals surface area contributed by atoms with Gasteiger partial charge in [0.25, 0.3) is 5.56 Å². The summed E-state index contributed by atoms with van der Waals surface area (Å²) >= 11 is 1.30. The first-order valence-electron chi connectivity index (χ1n) is 12.8. The van der Waals surface area contributed by atoms with Crippen molar-refractivity contribution in [3.05, 3.63) is 106 Å². The lowest BCUT2D eigenvalue weighted by Gasteiger charge is -2.36. The lowest BCUT2D eigenvalue weighted by Crippen LogP contribution is -2.40. The molecule has 6 nitrogen and oxygen atoms in total. The highest BCUT2D eigenvalue weighted by Crippen LogP contribution is 2.50. The summed E-state index contributed by atoms with van der Waals surface area (Å²) < 4.78 is 7.31. The maximum atomic E-state index is 14.3. The van der Waals surface area contributed by atoms with Crippen molar-refractivity contribution in [3.8, 4) is 11.3 Å². The van der Waals surface area contributed by atoms with E-state index in [1.165, 1.54) is 17.3 Å². The van der Waals surface area contributed by atoms with E-state index in [1.54, 1.807) is 10.8 Å². The van der Waals surface area contributed by atoms with Crippen molar-refractivity contribution in [3.63, 3.8) is 0 Å². The molecule has 2 aliphatic carbocycles. The molecule has 37 heavy (non-hydrogen) atoms. The fourth-order valence-electron chi connectivity index (χ4n) is 5.83. The van der Waals surface area contributed by atoms with E-state index in [0.29, 0.717) is 17.5 Å². The molecule has 2 aromatic carbocycles. The number of rotatable bonds is 7. The smallest absolute Gasteiger partial charge is 0.258 e. The summed E-state index contributed by atoms with van der Waals surface area (Å²) in [6.45, 7) is 0.755. The molecular weight excluding hydrogens is 482 g/mol. The Morgan fingerprint density at radius 2 is 1.81 bits per heavy atom. The van der Waals surface area contributed by atoms with Gasteiger partial charge in [-0.25, -0.2) is 4.98 Å². The monoisotopic (exact) mass is 511 g/mol. The van der Waals surface area contributed by atoms with E-state index < -0.39 is 0 Å². The van der Waals surface area contributed by atoms with Crippen LogP contribution >= 0.6 is 11.8 Å². The van der Waals surface area contributed by atoms with E-state index in [1.807, 2.05) is 48.5 Å². The minimum Gasteiger partial charge on any atom is -0.467 e. The molecule has 7 heteroatoms. The molecule has 6 rings (SSSR count). The number of furan rings is 1. The van der Waals surface area contributed by atoms with Crippen LogP contribution in [0.4, 0.5) is 0 Å². The van der Waals surface area contributed by atoms with Crippen LogP contribution in [0.5, 0.6) is 0 Å². The Kier molecular flexibility index (Phi) is 6.47. The number of fused-ring (bicyclic) bond motifs is 4. The third kappa shape index (κ3) is 4.64. The average Bonchev–Trinajstić information content (AvgIpc) is 3.61. The van der Waals surface area contributed by atoms with Crippen molar-refractivity contribution in [2.75, 3.05) is 5.75 Å². The quantitative estimate of drug-likeness (QED) is 0.268. The second-order valence-corrected chi connectivity index (χ2v) is 10.9. The second kappa shape index (κ2) is 10.1. The van der Waals surface area contributed by atoms with Gasteiger partial charge in [0, 0.05) is 17.5 Å². The fraction of sp³-hybridized carbons (Fsp3) is 0.300. The van der Waals surface area contributed by atoms with Gasteiger partial charge in [0.2, 0.25) is 5.91 Å². The van der Waals surface area contributed by atoms with Crippen LogP contribution < -0.4 is 10.9 Å². The largest absolute Gasteiger partial charge is 0.467 e. The molecule has 1 N–H and O–H groups in total. The predicted octanol–water partition coefficient (Wildman–Crippen LogP) is 5.33. The summed E-state index contributed by atoms with van der Waals surface area (Å²) in [6.07, 6.45) is 6.74. The zero-order valence-electron chi connectivity index (χ0n) is 20.6. The van der Waals surface area contributed by atoms with E-state index in [-0.39, 0.29) is 29.2 Å². The Balaban J connectivity index is 1.37. The number of hydrogen-bond donors (Lipinski definition) is 1. The Labute approximate surface area is 220 Å². The van der Waals surface area contributed by atoms with Crippen molar-refractivity contribution in [2.24, 2.45) is 0 Å². The summed E-state index contributed by atoms with van der Waals surface area (Å²) in [5.74, 6) is 0.761. The molecule has 0 unspecified atom stereocenters. The van der Waals surface area contributed by atoms with Crippen LogP contribution in [-0.2, 0) is 29.7 Å². The lowest BCUT2D eigenvalue weighted by molar-refractivity contribution is -0.118. The number of amides is 1. The highest BCUT2D eigenvalue weighted by molar-refractivity contribution is 7.99. The molecule has 188 valence electrons. The molecule has 0 atom stereocenters. The Morgan fingerprint density at radius 1 is 1.03 bits per heavy atom. The molecular formula is C30H29N3O3S. The Hall–Kier alpha value is -3.58. The second-order valence-electron chi connectivity index (χ2n) is 9.96. The maximum absolute atomic E-state index is 14.3. The van der Waals surface area contributed by atoms with Gasteiger partial charge in [-0.1, -0.05) is 79.2 Å². The number of benzene rings is 2. The molecule has 2 aliphatic rings. The first kappa shape index (κ1) is 23.8. The summed E-state index contributed by atoms with van der Waals surface area (Å²) in [4.78, 5) is 32.1. The van der Waals surface area contributed by atoms with Gasteiger partial charge in [-0.2, -0.15) is 0 Å². The summed E-state index contributed by atoms with van der Waals surface area (Å²) in [5, 5.41) is 3.51. The topological polar surface area (TPSA) is 77.1 Å². The van der Waals surface area contributed by atoms with Gasteiger partial charge in [0.15, 0.2) is 5.16 Å². The van der Waals surface area contributed by atoms with Crippen LogP contribution in [0.2, 0.25) is 0 Å². The van der Waals surface area contributed by atoms with Crippen molar-refractivity contribution in [1.29, 1.82) is 0 Å². The van der Waals surface area contributed by atoms with Crippen molar-refractivity contribution in [1.82, 2.24) is 14.9 Å². The van der Waals surface area contributed by atoms with Crippen molar-refractivity contribution < 1.29 is 9.21 Å². The van der Waals surface area contributed by atoms with Gasteiger partial charge >= 0.3 is 0 Å². The molecule has 1 spiro atoms. The van der Waals surface area contributed by atoms with Crippen LogP contribution in [0.15, 0.2) is 87.4 Å². The first-order chi connectivity index (χ1) is 18.1. The Bertz CT molecular complexity index is 1470. The molecule has 1 fully saturated rings. The van der Waals surface area contributed by atoms with Crippen LogP contribution in [-0.4, -0.2) is 21.2 Å². The van der Waals surface area contributed by atoms with Gasteiger partial charge in [0.1, 0.15) is 5.76 Å². The number of thioether (sulfide) groups is 1.